The molecule has 0 aliphatic rings. The lowest BCUT2D eigenvalue weighted by molar-refractivity contribution is 0.318. The molecular weight excluding hydrogens is 134 g/mol. The van der Waals surface area contributed by atoms with Crippen LogP contribution in [0, 0.1) is 0 Å². The van der Waals surface area contributed by atoms with Gasteiger partial charge in [-0.3, -0.25) is 0 Å². The fourth-order valence-electron chi connectivity index (χ4n) is 0. The number of quaternary nitrogens is 1. The van der Waals surface area contributed by atoms with Crippen molar-refractivity contribution in [3.63, 3.8) is 0 Å². The topological polar surface area (TPSA) is 117 Å². The molecule has 0 spiro atoms. The van der Waals surface area contributed by atoms with Crippen LogP contribution < -0.4 is 6.15 Å². The predicted molar refractivity (Wildman–Crippen MR) is 30.3 cm³/mol. The van der Waals surface area contributed by atoms with Gasteiger partial charge in [0.05, 0.1) is 11.4 Å². The van der Waals surface area contributed by atoms with Crippen molar-refractivity contribution in [2.24, 2.45) is 0 Å². The Morgan fingerprint density at radius 1 is 1.75 bits per heavy atom. The molecule has 0 aromatic carbocycles. The third kappa shape index (κ3) is 1490000. The number of hydrogen-bond acceptors (Lipinski definition) is 3. The highest BCUT2D eigenvalue weighted by atomic mass is 32.2. The molecule has 0 aromatic heterocycles. The summed E-state index contributed by atoms with van der Waals surface area (Å²) in [5.74, 6) is 0. The monoisotopic (exact) mass is 145 g/mol. The van der Waals surface area contributed by atoms with Gasteiger partial charge < -0.3 is 20.4 Å². The second-order valence-electron chi connectivity index (χ2n) is 0.533. The van der Waals surface area contributed by atoms with Gasteiger partial charge in [0.1, 0.15) is 0 Å². The van der Waals surface area contributed by atoms with E-state index < -0.39 is 11.4 Å². The molecule has 0 saturated carbocycles. The number of aliphatic hydroxyl groups excluding tert-OH is 1. The quantitative estimate of drug-likeness (QED) is 0.406. The van der Waals surface area contributed by atoms with E-state index >= 15 is 0 Å². The molecule has 8 heavy (non-hydrogen) atoms. The summed E-state index contributed by atoms with van der Waals surface area (Å²) in [6.45, 7) is 1.93. The Balaban J connectivity index is -0.0000000575. The zero-order valence-electron chi connectivity index (χ0n) is 4.83. The minimum atomic E-state index is -2.86. The maximum Gasteiger partial charge on any atom is 0.0814 e. The standard InChI is InChI=1S/C2H6O.H3N.H2O3S/c1-2-3;;1-4(2)3/h3H,2H2,1H3;1H3;(H2,1,2,3). The van der Waals surface area contributed by atoms with Crippen LogP contribution >= 0.6 is 0 Å². The summed E-state index contributed by atoms with van der Waals surface area (Å²) in [7, 11) is 0. The first-order valence-corrected chi connectivity index (χ1v) is 2.57. The van der Waals surface area contributed by atoms with E-state index in [0.29, 0.717) is 0 Å². The lowest BCUT2D eigenvalue weighted by Crippen LogP contribution is -1.75. The number of hydrogen-bond donors (Lipinski definition) is 3. The highest BCUT2D eigenvalue weighted by molar-refractivity contribution is 7.73. The molecule has 0 aliphatic carbocycles. The van der Waals surface area contributed by atoms with Gasteiger partial charge in [-0.15, -0.1) is 0 Å². The van der Waals surface area contributed by atoms with Crippen molar-refractivity contribution in [1.82, 2.24) is 6.15 Å². The fraction of sp³-hybridized carbons (Fsp3) is 1.00. The van der Waals surface area contributed by atoms with Crippen LogP contribution in [-0.4, -0.2) is 25.0 Å². The first-order chi connectivity index (χ1) is 3.15. The van der Waals surface area contributed by atoms with Crippen molar-refractivity contribution in [3.8, 4) is 0 Å². The van der Waals surface area contributed by atoms with E-state index in [4.69, 9.17) is 18.4 Å². The largest absolute Gasteiger partial charge is 0.750 e. The van der Waals surface area contributed by atoms with Crippen molar-refractivity contribution in [3.05, 3.63) is 0 Å². The third-order valence-electron chi connectivity index (χ3n) is 0. The van der Waals surface area contributed by atoms with Crippen LogP contribution in [0.25, 0.3) is 0 Å². The van der Waals surface area contributed by atoms with Crippen LogP contribution in [0.2, 0.25) is 0 Å². The summed E-state index contributed by atoms with van der Waals surface area (Å²) in [5, 5.41) is 7.57. The van der Waals surface area contributed by atoms with Gasteiger partial charge in [0.25, 0.3) is 0 Å². The first-order valence-electron chi connectivity index (χ1n) is 1.54. The molecule has 1 unspecified atom stereocenters. The van der Waals surface area contributed by atoms with Gasteiger partial charge in [0.2, 0.25) is 0 Å². The predicted octanol–water partition coefficient (Wildman–Crippen LogP) is -0.287. The maximum atomic E-state index is 8.56. The van der Waals surface area contributed by atoms with E-state index in [-0.39, 0.29) is 12.8 Å². The van der Waals surface area contributed by atoms with Crippen molar-refractivity contribution in [1.29, 1.82) is 0 Å². The Kier molecular flexibility index (Phi) is 30.9. The molecule has 6 heteroatoms. The average molecular weight is 145 g/mol. The molecule has 54 valence electrons. The van der Waals surface area contributed by atoms with Crippen molar-refractivity contribution in [2.45, 2.75) is 6.92 Å². The Bertz CT molecular complexity index is 45.3. The summed E-state index contributed by atoms with van der Waals surface area (Å²) >= 11 is -2.86. The van der Waals surface area contributed by atoms with Crippen molar-refractivity contribution < 1.29 is 18.4 Å². The molecule has 0 bridgehead atoms. The highest BCUT2D eigenvalue weighted by Crippen LogP contribution is 1.43. The van der Waals surface area contributed by atoms with Crippen LogP contribution in [0.5, 0.6) is 0 Å². The molecule has 0 aromatic rings. The minimum Gasteiger partial charge on any atom is -0.750 e. The van der Waals surface area contributed by atoms with Gasteiger partial charge in [0, 0.05) is 6.61 Å². The molecule has 0 saturated heterocycles. The summed E-state index contributed by atoms with van der Waals surface area (Å²) < 4.78 is 24.1. The SMILES string of the molecule is CCO.O=S([O-])O.[NH4+]. The second-order valence-corrected chi connectivity index (χ2v) is 0.968. The zero-order chi connectivity index (χ0) is 6.28. The van der Waals surface area contributed by atoms with Crippen LogP contribution in [-0.2, 0) is 11.4 Å². The van der Waals surface area contributed by atoms with E-state index in [9.17, 15) is 0 Å². The van der Waals surface area contributed by atoms with Crippen LogP contribution in [0.1, 0.15) is 6.92 Å². The lowest BCUT2D eigenvalue weighted by Gasteiger charge is -1.83. The van der Waals surface area contributed by atoms with Gasteiger partial charge in [-0.2, -0.15) is 0 Å². The van der Waals surface area contributed by atoms with Gasteiger partial charge in [0.15, 0.2) is 0 Å². The molecule has 0 radical (unpaired) electrons. The van der Waals surface area contributed by atoms with Gasteiger partial charge in [-0.25, -0.2) is 4.21 Å². The zero-order valence-corrected chi connectivity index (χ0v) is 5.64. The van der Waals surface area contributed by atoms with Gasteiger partial charge in [-0.1, -0.05) is 0 Å². The van der Waals surface area contributed by atoms with Crippen LogP contribution in [0.3, 0.4) is 0 Å². The fourth-order valence-corrected chi connectivity index (χ4v) is 0. The first kappa shape index (κ1) is 15.7. The van der Waals surface area contributed by atoms with Gasteiger partial charge in [-0.05, 0) is 6.92 Å². The van der Waals surface area contributed by atoms with E-state index in [2.05, 4.69) is 0 Å². The molecule has 0 fully saturated rings. The average Bonchev–Trinajstić information content (AvgIpc) is 1.33. The Morgan fingerprint density at radius 3 is 1.75 bits per heavy atom. The van der Waals surface area contributed by atoms with Gasteiger partial charge >= 0.3 is 0 Å². The third-order valence-corrected chi connectivity index (χ3v) is 0. The highest BCUT2D eigenvalue weighted by Gasteiger charge is 1.42. The molecule has 1 atom stereocenters. The lowest BCUT2D eigenvalue weighted by atomic mass is 10.9. The smallest absolute Gasteiger partial charge is 0.0814 e. The Hall–Kier alpha value is -0.0100. The maximum absolute atomic E-state index is 8.56. The molecule has 0 aliphatic heterocycles. The van der Waals surface area contributed by atoms with E-state index in [1.54, 1.807) is 6.92 Å². The number of aliphatic hydroxyl groups is 1. The molecule has 0 rings (SSSR count). The van der Waals surface area contributed by atoms with Crippen LogP contribution in [0.15, 0.2) is 0 Å². The van der Waals surface area contributed by atoms with E-state index in [1.165, 1.54) is 0 Å². The van der Waals surface area contributed by atoms with E-state index in [0.717, 1.165) is 0 Å². The van der Waals surface area contributed by atoms with Crippen LogP contribution in [0.4, 0.5) is 0 Å². The minimum absolute atomic E-state index is 0. The summed E-state index contributed by atoms with van der Waals surface area (Å²) in [6, 6.07) is 0. The summed E-state index contributed by atoms with van der Waals surface area (Å²) in [6.07, 6.45) is 0. The second kappa shape index (κ2) is 15.8. The molecule has 5 nitrogen and oxygen atoms in total. The summed E-state index contributed by atoms with van der Waals surface area (Å²) in [4.78, 5) is 0. The summed E-state index contributed by atoms with van der Waals surface area (Å²) in [5.41, 5.74) is 0. The normalized spacial score (nSPS) is 10.0. The Morgan fingerprint density at radius 2 is 1.75 bits per heavy atom. The molecular formula is C2H11NO4S. The molecule has 6 N–H and O–H groups in total. The Labute approximate surface area is 50.4 Å². The number of rotatable bonds is 0. The molecule has 0 heterocycles. The van der Waals surface area contributed by atoms with E-state index in [1.807, 2.05) is 0 Å². The molecule has 0 amide bonds. The van der Waals surface area contributed by atoms with Crippen molar-refractivity contribution >= 4 is 11.4 Å². The van der Waals surface area contributed by atoms with Crippen molar-refractivity contribution in [2.75, 3.05) is 6.61 Å².